The van der Waals surface area contributed by atoms with Crippen molar-refractivity contribution in [2.24, 2.45) is 0 Å². The van der Waals surface area contributed by atoms with Crippen LogP contribution in [0.5, 0.6) is 0 Å². The van der Waals surface area contributed by atoms with Gasteiger partial charge in [0.1, 0.15) is 5.03 Å². The number of benzene rings is 1. The summed E-state index contributed by atoms with van der Waals surface area (Å²) >= 11 is 1.63. The third kappa shape index (κ3) is 3.54. The monoisotopic (exact) mass is 310 g/mol. The molecule has 3 rings (SSSR count). The molecule has 1 aromatic carbocycles. The van der Waals surface area contributed by atoms with Crippen LogP contribution in [0.1, 0.15) is 20.8 Å². The highest BCUT2D eigenvalue weighted by atomic mass is 32.2. The second-order valence-corrected chi connectivity index (χ2v) is 7.08. The predicted molar refractivity (Wildman–Crippen MR) is 91.3 cm³/mol. The van der Waals surface area contributed by atoms with Gasteiger partial charge in [0.15, 0.2) is 5.65 Å². The summed E-state index contributed by atoms with van der Waals surface area (Å²) < 4.78 is 0. The van der Waals surface area contributed by atoms with Gasteiger partial charge in [-0.1, -0.05) is 30.0 Å². The molecule has 0 spiro atoms. The van der Waals surface area contributed by atoms with E-state index >= 15 is 0 Å². The number of aromatic nitrogens is 3. The summed E-state index contributed by atoms with van der Waals surface area (Å²) in [4.78, 5) is 14.7. The predicted octanol–water partition coefficient (Wildman–Crippen LogP) is 4.39. The summed E-state index contributed by atoms with van der Waals surface area (Å²) in [5.74, 6) is 0.608. The van der Waals surface area contributed by atoms with Gasteiger partial charge in [0.2, 0.25) is 5.95 Å². The fourth-order valence-corrected chi connectivity index (χ4v) is 2.92. The van der Waals surface area contributed by atoms with Crippen LogP contribution in [0.25, 0.3) is 11.0 Å². The van der Waals surface area contributed by atoms with Gasteiger partial charge in [-0.2, -0.15) is 4.98 Å². The third-order valence-corrected chi connectivity index (χ3v) is 3.89. The Kier molecular flexibility index (Phi) is 3.98. The number of hydrogen-bond acceptors (Lipinski definition) is 5. The zero-order valence-electron chi connectivity index (χ0n) is 12.9. The summed E-state index contributed by atoms with van der Waals surface area (Å²) in [6, 6.07) is 14.1. The molecule has 22 heavy (non-hydrogen) atoms. The molecule has 2 heterocycles. The number of fused-ring (bicyclic) bond motifs is 1. The highest BCUT2D eigenvalue weighted by Gasteiger charge is 2.15. The van der Waals surface area contributed by atoms with Crippen LogP contribution >= 0.6 is 11.8 Å². The number of nitrogens with one attached hydrogen (secondary N) is 1. The normalized spacial score (nSPS) is 11.6. The Morgan fingerprint density at radius 2 is 1.73 bits per heavy atom. The Labute approximate surface area is 134 Å². The molecule has 0 radical (unpaired) electrons. The number of pyridine rings is 1. The first-order chi connectivity index (χ1) is 10.5. The molecule has 1 N–H and O–H groups in total. The van der Waals surface area contributed by atoms with Gasteiger partial charge < -0.3 is 5.32 Å². The molecule has 3 aromatic rings. The average Bonchev–Trinajstić information content (AvgIpc) is 2.46. The van der Waals surface area contributed by atoms with Gasteiger partial charge in [-0.3, -0.25) is 0 Å². The third-order valence-electron chi connectivity index (χ3n) is 2.88. The van der Waals surface area contributed by atoms with Crippen molar-refractivity contribution >= 4 is 28.7 Å². The van der Waals surface area contributed by atoms with Crippen LogP contribution in [0.4, 0.5) is 5.95 Å². The SMILES string of the molecule is CC(C)(C)Nc1nc(Sc2ccccc2)c2cccnc2n1. The molecule has 0 fully saturated rings. The van der Waals surface area contributed by atoms with Crippen LogP contribution in [0.2, 0.25) is 0 Å². The number of nitrogens with zero attached hydrogens (tertiary/aromatic N) is 3. The Morgan fingerprint density at radius 3 is 2.45 bits per heavy atom. The zero-order chi connectivity index (χ0) is 15.6. The van der Waals surface area contributed by atoms with Crippen molar-refractivity contribution in [3.63, 3.8) is 0 Å². The first-order valence-electron chi connectivity index (χ1n) is 7.15. The summed E-state index contributed by atoms with van der Waals surface area (Å²) in [6.45, 7) is 6.26. The molecule has 112 valence electrons. The van der Waals surface area contributed by atoms with Crippen molar-refractivity contribution in [1.82, 2.24) is 15.0 Å². The maximum absolute atomic E-state index is 4.68. The largest absolute Gasteiger partial charge is 0.350 e. The van der Waals surface area contributed by atoms with Crippen molar-refractivity contribution in [1.29, 1.82) is 0 Å². The Morgan fingerprint density at radius 1 is 0.955 bits per heavy atom. The minimum Gasteiger partial charge on any atom is -0.350 e. The van der Waals surface area contributed by atoms with E-state index in [-0.39, 0.29) is 5.54 Å². The van der Waals surface area contributed by atoms with Gasteiger partial charge in [-0.05, 0) is 45.0 Å². The van der Waals surface area contributed by atoms with Crippen LogP contribution in [0.3, 0.4) is 0 Å². The minimum atomic E-state index is -0.100. The van der Waals surface area contributed by atoms with Crippen LogP contribution in [0.15, 0.2) is 58.6 Å². The smallest absolute Gasteiger partial charge is 0.226 e. The van der Waals surface area contributed by atoms with E-state index in [2.05, 4.69) is 53.2 Å². The summed E-state index contributed by atoms with van der Waals surface area (Å²) in [6.07, 6.45) is 1.76. The van der Waals surface area contributed by atoms with Crippen LogP contribution in [-0.4, -0.2) is 20.5 Å². The second-order valence-electron chi connectivity index (χ2n) is 6.02. The molecule has 0 unspecified atom stereocenters. The van der Waals surface area contributed by atoms with E-state index < -0.39 is 0 Å². The lowest BCUT2D eigenvalue weighted by molar-refractivity contribution is 0.625. The van der Waals surface area contributed by atoms with Crippen LogP contribution in [0, 0.1) is 0 Å². The topological polar surface area (TPSA) is 50.7 Å². The summed E-state index contributed by atoms with van der Waals surface area (Å²) in [5.41, 5.74) is 0.611. The lowest BCUT2D eigenvalue weighted by Gasteiger charge is -2.21. The standard InChI is InChI=1S/C17H18N4S/c1-17(2,3)21-16-19-14-13(10-7-11-18-14)15(20-16)22-12-8-5-4-6-9-12/h4-11H,1-3H3,(H,18,19,20,21). The lowest BCUT2D eigenvalue weighted by atomic mass is 10.1. The van der Waals surface area contributed by atoms with Crippen LogP contribution < -0.4 is 5.32 Å². The number of hydrogen-bond donors (Lipinski definition) is 1. The highest BCUT2D eigenvalue weighted by Crippen LogP contribution is 2.31. The molecule has 0 aliphatic carbocycles. The molecule has 0 aliphatic rings. The highest BCUT2D eigenvalue weighted by molar-refractivity contribution is 7.99. The Balaban J connectivity index is 2.06. The van der Waals surface area contributed by atoms with Gasteiger partial charge in [0, 0.05) is 16.6 Å². The number of rotatable bonds is 3. The van der Waals surface area contributed by atoms with Crippen molar-refractivity contribution in [3.8, 4) is 0 Å². The van der Waals surface area contributed by atoms with E-state index in [9.17, 15) is 0 Å². The average molecular weight is 310 g/mol. The van der Waals surface area contributed by atoms with Gasteiger partial charge >= 0.3 is 0 Å². The maximum Gasteiger partial charge on any atom is 0.226 e. The lowest BCUT2D eigenvalue weighted by Crippen LogP contribution is -2.27. The van der Waals surface area contributed by atoms with Gasteiger partial charge in [0.25, 0.3) is 0 Å². The quantitative estimate of drug-likeness (QED) is 0.727. The van der Waals surface area contributed by atoms with E-state index in [1.54, 1.807) is 18.0 Å². The fraction of sp³-hybridized carbons (Fsp3) is 0.235. The van der Waals surface area contributed by atoms with E-state index in [0.29, 0.717) is 11.6 Å². The molecule has 0 bridgehead atoms. The molecule has 0 saturated carbocycles. The molecule has 0 saturated heterocycles. The van der Waals surface area contributed by atoms with E-state index in [1.807, 2.05) is 30.3 Å². The first-order valence-corrected chi connectivity index (χ1v) is 7.97. The van der Waals surface area contributed by atoms with Crippen molar-refractivity contribution in [3.05, 3.63) is 48.7 Å². The molecular weight excluding hydrogens is 292 g/mol. The molecule has 0 amide bonds. The second kappa shape index (κ2) is 5.93. The molecule has 0 aliphatic heterocycles. The molecular formula is C17H18N4S. The first kappa shape index (κ1) is 14.8. The molecule has 5 heteroatoms. The Bertz CT molecular complexity index is 782. The molecule has 2 aromatic heterocycles. The van der Waals surface area contributed by atoms with Gasteiger partial charge in [-0.25, -0.2) is 9.97 Å². The minimum absolute atomic E-state index is 0.100. The maximum atomic E-state index is 4.68. The van der Waals surface area contributed by atoms with Gasteiger partial charge in [-0.15, -0.1) is 0 Å². The Hall–Kier alpha value is -2.14. The van der Waals surface area contributed by atoms with Crippen LogP contribution in [-0.2, 0) is 0 Å². The summed E-state index contributed by atoms with van der Waals surface area (Å²) in [5, 5.41) is 5.21. The van der Waals surface area contributed by atoms with E-state index in [4.69, 9.17) is 0 Å². The van der Waals surface area contributed by atoms with Gasteiger partial charge in [0.05, 0.1) is 5.39 Å². The summed E-state index contributed by atoms with van der Waals surface area (Å²) in [7, 11) is 0. The van der Waals surface area contributed by atoms with Crippen molar-refractivity contribution < 1.29 is 0 Å². The number of anilines is 1. The molecule has 4 nitrogen and oxygen atoms in total. The van der Waals surface area contributed by atoms with Crippen molar-refractivity contribution in [2.45, 2.75) is 36.2 Å². The fourth-order valence-electron chi connectivity index (χ4n) is 2.00. The van der Waals surface area contributed by atoms with Crippen molar-refractivity contribution in [2.75, 3.05) is 5.32 Å². The zero-order valence-corrected chi connectivity index (χ0v) is 13.7. The van der Waals surface area contributed by atoms with E-state index in [1.165, 1.54) is 0 Å². The molecule has 0 atom stereocenters. The van der Waals surface area contributed by atoms with E-state index in [0.717, 1.165) is 15.3 Å².